The second kappa shape index (κ2) is 36.8. The lowest BCUT2D eigenvalue weighted by molar-refractivity contribution is -0.161. The molecule has 0 aliphatic heterocycles. The molecule has 0 spiro atoms. The smallest absolute Gasteiger partial charge is 0.462 e. The lowest BCUT2D eigenvalue weighted by atomic mass is 10.0. The van der Waals surface area contributed by atoms with Crippen molar-refractivity contribution in [2.24, 2.45) is 0 Å². The summed E-state index contributed by atoms with van der Waals surface area (Å²) in [6.07, 6.45) is 38.4. The third-order valence-corrected chi connectivity index (χ3v) is 9.86. The summed E-state index contributed by atoms with van der Waals surface area (Å²) in [5.74, 6) is -0.871. The molecule has 0 bridgehead atoms. The van der Waals surface area contributed by atoms with Crippen molar-refractivity contribution in [3.8, 4) is 0 Å². The highest BCUT2D eigenvalue weighted by Crippen LogP contribution is 2.36. The fourth-order valence-electron chi connectivity index (χ4n) is 6.26. The number of hydrogen-bond donors (Lipinski definition) is 2. The molecule has 0 aromatic rings. The highest BCUT2D eigenvalue weighted by Gasteiger charge is 2.22. The average Bonchev–Trinajstić information content (AvgIpc) is 3.07. The average molecular weight is 719 g/mol. The van der Waals surface area contributed by atoms with E-state index >= 15 is 0 Å². The van der Waals surface area contributed by atoms with Gasteiger partial charge in [-0.25, -0.2) is 4.57 Å². The quantitative estimate of drug-likeness (QED) is 0.0366. The molecular formula is C40H79O8P. The van der Waals surface area contributed by atoms with E-state index in [1.54, 1.807) is 0 Å². The summed E-state index contributed by atoms with van der Waals surface area (Å²) in [6, 6.07) is 0. The predicted molar refractivity (Wildman–Crippen MR) is 203 cm³/mol. The molecule has 0 heterocycles. The summed E-state index contributed by atoms with van der Waals surface area (Å²) < 4.78 is 26.3. The number of unbranched alkanes of at least 4 members (excludes halogenated alkanes) is 29. The van der Waals surface area contributed by atoms with Gasteiger partial charge in [0, 0.05) is 12.8 Å². The van der Waals surface area contributed by atoms with Crippen molar-refractivity contribution >= 4 is 19.8 Å². The molecule has 0 unspecified atom stereocenters. The molecule has 1 atom stereocenters. The van der Waals surface area contributed by atoms with E-state index in [4.69, 9.17) is 19.3 Å². The van der Waals surface area contributed by atoms with Crippen molar-refractivity contribution in [2.45, 2.75) is 232 Å². The molecule has 0 aromatic carbocycles. The number of phosphoric ester groups is 1. The molecule has 0 aliphatic carbocycles. The second-order valence-corrected chi connectivity index (χ2v) is 15.6. The van der Waals surface area contributed by atoms with Gasteiger partial charge < -0.3 is 19.3 Å². The van der Waals surface area contributed by atoms with E-state index in [-0.39, 0.29) is 19.4 Å². The van der Waals surface area contributed by atoms with Crippen LogP contribution in [0.15, 0.2) is 0 Å². The summed E-state index contributed by atoms with van der Waals surface area (Å²) in [5.41, 5.74) is 0. The largest absolute Gasteiger partial charge is 0.469 e. The zero-order valence-electron chi connectivity index (χ0n) is 32.1. The number of rotatable bonds is 39. The van der Waals surface area contributed by atoms with Crippen LogP contribution in [0.25, 0.3) is 0 Å². The van der Waals surface area contributed by atoms with E-state index < -0.39 is 32.5 Å². The summed E-state index contributed by atoms with van der Waals surface area (Å²) in [4.78, 5) is 42.7. The molecule has 292 valence electrons. The molecule has 0 rings (SSSR count). The first-order valence-corrected chi connectivity index (χ1v) is 22.4. The number of hydrogen-bond acceptors (Lipinski definition) is 6. The number of phosphoric acid groups is 1. The Labute approximate surface area is 302 Å². The van der Waals surface area contributed by atoms with Crippen LogP contribution in [-0.2, 0) is 28.2 Å². The van der Waals surface area contributed by atoms with Gasteiger partial charge in [0.25, 0.3) is 0 Å². The van der Waals surface area contributed by atoms with Gasteiger partial charge in [-0.3, -0.25) is 14.1 Å². The predicted octanol–water partition coefficient (Wildman–Crippen LogP) is 12.5. The van der Waals surface area contributed by atoms with Gasteiger partial charge in [-0.15, -0.1) is 0 Å². The molecule has 0 saturated carbocycles. The normalized spacial score (nSPS) is 12.3. The van der Waals surface area contributed by atoms with Crippen molar-refractivity contribution in [1.82, 2.24) is 0 Å². The maximum absolute atomic E-state index is 12.3. The van der Waals surface area contributed by atoms with Crippen LogP contribution in [0, 0.1) is 0 Å². The Morgan fingerprint density at radius 3 is 1.04 bits per heavy atom. The third-order valence-electron chi connectivity index (χ3n) is 9.38. The fourth-order valence-corrected chi connectivity index (χ4v) is 6.62. The van der Waals surface area contributed by atoms with Gasteiger partial charge in [0.2, 0.25) is 0 Å². The number of carbonyl (C=O) groups is 2. The van der Waals surface area contributed by atoms with E-state index in [1.807, 2.05) is 0 Å². The summed E-state index contributed by atoms with van der Waals surface area (Å²) >= 11 is 0. The van der Waals surface area contributed by atoms with Crippen LogP contribution < -0.4 is 0 Å². The van der Waals surface area contributed by atoms with Crippen molar-refractivity contribution in [3.63, 3.8) is 0 Å². The second-order valence-electron chi connectivity index (χ2n) is 14.3. The summed E-state index contributed by atoms with van der Waals surface area (Å²) in [5, 5.41) is 0. The lowest BCUT2D eigenvalue weighted by Crippen LogP contribution is -2.29. The minimum absolute atomic E-state index is 0.219. The molecule has 8 nitrogen and oxygen atoms in total. The van der Waals surface area contributed by atoms with Crippen LogP contribution in [0.2, 0.25) is 0 Å². The molecule has 9 heteroatoms. The number of ether oxygens (including phenoxy) is 2. The van der Waals surface area contributed by atoms with Gasteiger partial charge in [0.15, 0.2) is 6.10 Å². The van der Waals surface area contributed by atoms with Crippen LogP contribution in [0.4, 0.5) is 0 Å². The fraction of sp³-hybridized carbons (Fsp3) is 0.950. The Balaban J connectivity index is 3.77. The van der Waals surface area contributed by atoms with Crippen LogP contribution >= 0.6 is 7.82 Å². The SMILES string of the molecule is CCCCCCCCCCCCCCCCCCCCCCCC(=O)OC[C@H](COP(=O)(O)O)OC(=O)CCCCCCCCCCCC. The molecule has 0 saturated heterocycles. The third kappa shape index (κ3) is 39.7. The first-order valence-electron chi connectivity index (χ1n) is 20.8. The Morgan fingerprint density at radius 1 is 0.449 bits per heavy atom. The Bertz CT molecular complexity index is 771. The van der Waals surface area contributed by atoms with Crippen molar-refractivity contribution in [1.29, 1.82) is 0 Å². The van der Waals surface area contributed by atoms with Crippen LogP contribution in [0.5, 0.6) is 0 Å². The van der Waals surface area contributed by atoms with Gasteiger partial charge in [-0.05, 0) is 12.8 Å². The van der Waals surface area contributed by atoms with Crippen molar-refractivity contribution in [3.05, 3.63) is 0 Å². The monoisotopic (exact) mass is 719 g/mol. The molecule has 0 radical (unpaired) electrons. The van der Waals surface area contributed by atoms with Gasteiger partial charge >= 0.3 is 19.8 Å². The topological polar surface area (TPSA) is 119 Å². The van der Waals surface area contributed by atoms with Crippen LogP contribution in [-0.4, -0.2) is 41.0 Å². The number of carbonyl (C=O) groups excluding carboxylic acids is 2. The van der Waals surface area contributed by atoms with Crippen LogP contribution in [0.3, 0.4) is 0 Å². The minimum Gasteiger partial charge on any atom is -0.462 e. The van der Waals surface area contributed by atoms with E-state index in [0.29, 0.717) is 6.42 Å². The first kappa shape index (κ1) is 48.0. The van der Waals surface area contributed by atoms with Crippen molar-refractivity contribution in [2.75, 3.05) is 13.2 Å². The summed E-state index contributed by atoms with van der Waals surface area (Å²) in [7, 11) is -4.74. The molecule has 2 N–H and O–H groups in total. The maximum atomic E-state index is 12.3. The standard InChI is InChI=1S/C40H79O8P/c1-3-5-7-9-11-13-15-16-17-18-19-20-21-22-23-24-25-27-28-30-32-34-39(41)46-36-38(37-47-49(43,44)45)48-40(42)35-33-31-29-26-14-12-10-8-6-4-2/h38H,3-37H2,1-2H3,(H2,43,44,45)/t38-/m1/s1. The minimum atomic E-state index is -4.74. The highest BCUT2D eigenvalue weighted by molar-refractivity contribution is 7.46. The van der Waals surface area contributed by atoms with E-state index in [9.17, 15) is 14.2 Å². The van der Waals surface area contributed by atoms with Gasteiger partial charge in [-0.1, -0.05) is 200 Å². The number of esters is 2. The molecular weight excluding hydrogens is 639 g/mol. The van der Waals surface area contributed by atoms with Crippen LogP contribution in [0.1, 0.15) is 226 Å². The molecule has 0 amide bonds. The van der Waals surface area contributed by atoms with E-state index in [0.717, 1.165) is 38.5 Å². The van der Waals surface area contributed by atoms with E-state index in [2.05, 4.69) is 18.4 Å². The molecule has 0 fully saturated rings. The molecule has 0 aromatic heterocycles. The highest BCUT2D eigenvalue weighted by atomic mass is 31.2. The zero-order chi connectivity index (χ0) is 36.1. The zero-order valence-corrected chi connectivity index (χ0v) is 33.0. The maximum Gasteiger partial charge on any atom is 0.469 e. The Kier molecular flexibility index (Phi) is 36.1. The Hall–Kier alpha value is -0.950. The molecule has 49 heavy (non-hydrogen) atoms. The van der Waals surface area contributed by atoms with E-state index in [1.165, 1.54) is 154 Å². The summed E-state index contributed by atoms with van der Waals surface area (Å²) in [6.45, 7) is 3.69. The van der Waals surface area contributed by atoms with Gasteiger partial charge in [0.05, 0.1) is 6.61 Å². The van der Waals surface area contributed by atoms with Gasteiger partial charge in [0.1, 0.15) is 6.61 Å². The van der Waals surface area contributed by atoms with Crippen molar-refractivity contribution < 1.29 is 37.9 Å². The first-order chi connectivity index (χ1) is 23.8. The van der Waals surface area contributed by atoms with Gasteiger partial charge in [-0.2, -0.15) is 0 Å². The Morgan fingerprint density at radius 2 is 0.735 bits per heavy atom. The lowest BCUT2D eigenvalue weighted by Gasteiger charge is -2.18. The molecule has 0 aliphatic rings.